The summed E-state index contributed by atoms with van der Waals surface area (Å²) in [6, 6.07) is 3.87. The average molecular weight is 580 g/mol. The van der Waals surface area contributed by atoms with Crippen molar-refractivity contribution in [3.05, 3.63) is 36.3 Å². The third kappa shape index (κ3) is 7.32. The fourth-order valence-electron chi connectivity index (χ4n) is 4.86. The molecule has 1 N–H and O–H groups in total. The first kappa shape index (κ1) is 29.2. The predicted octanol–water partition coefficient (Wildman–Crippen LogP) is 2.70. The minimum atomic E-state index is -0.425. The number of carbonyl (C=O) groups excluding carboxylic acids is 2. The van der Waals surface area contributed by atoms with Crippen LogP contribution in [0.15, 0.2) is 30.7 Å². The molecule has 13 nitrogen and oxygen atoms in total. The van der Waals surface area contributed by atoms with Crippen LogP contribution in [0.5, 0.6) is 11.6 Å². The number of ether oxygens (including phenoxy) is 4. The molecule has 5 rings (SSSR count). The molecule has 3 aromatic heterocycles. The number of hydrogen-bond donors (Lipinski definition) is 1. The van der Waals surface area contributed by atoms with Crippen LogP contribution in [0, 0.1) is 0 Å². The third-order valence-electron chi connectivity index (χ3n) is 7.25. The second-order valence-corrected chi connectivity index (χ2v) is 10.5. The standard InChI is InChI=1S/C29H37N7O6/c1-4-40-28(38)19-13-23-24(30-15-19)14-25(36-9-11-39-12-10-36)34-27(23)42-21-7-5-20(6-8-21)33-29-31-16-22(17-32-29)41-18-26(37)35(2)3/h13-17,20-21H,4-12,18H2,1-3H3,(H,31,32,33). The highest BCUT2D eigenvalue weighted by Crippen LogP contribution is 2.32. The number of morpholine rings is 1. The predicted molar refractivity (Wildman–Crippen MR) is 155 cm³/mol. The molecule has 0 spiro atoms. The molecule has 1 amide bonds. The van der Waals surface area contributed by atoms with Crippen LogP contribution in [0.3, 0.4) is 0 Å². The van der Waals surface area contributed by atoms with Crippen molar-refractivity contribution in [1.82, 2.24) is 24.8 Å². The Hall–Kier alpha value is -4.26. The summed E-state index contributed by atoms with van der Waals surface area (Å²) in [6.07, 6.45) is 7.94. The Morgan fingerprint density at radius 2 is 1.79 bits per heavy atom. The maximum Gasteiger partial charge on any atom is 0.339 e. The van der Waals surface area contributed by atoms with Gasteiger partial charge in [-0.2, -0.15) is 4.98 Å². The van der Waals surface area contributed by atoms with Gasteiger partial charge in [0.15, 0.2) is 12.4 Å². The Bertz CT molecular complexity index is 1370. The summed E-state index contributed by atoms with van der Waals surface area (Å²) in [4.78, 5) is 45.9. The first-order valence-electron chi connectivity index (χ1n) is 14.3. The number of nitrogens with one attached hydrogen (secondary N) is 1. The third-order valence-corrected chi connectivity index (χ3v) is 7.25. The number of aromatic nitrogens is 4. The van der Waals surface area contributed by atoms with Gasteiger partial charge >= 0.3 is 5.97 Å². The Morgan fingerprint density at radius 3 is 2.48 bits per heavy atom. The van der Waals surface area contributed by atoms with E-state index in [9.17, 15) is 9.59 Å². The van der Waals surface area contributed by atoms with Crippen LogP contribution in [0.4, 0.5) is 11.8 Å². The van der Waals surface area contributed by atoms with Gasteiger partial charge in [-0.1, -0.05) is 0 Å². The monoisotopic (exact) mass is 579 g/mol. The largest absolute Gasteiger partial charge is 0.481 e. The Morgan fingerprint density at radius 1 is 1.05 bits per heavy atom. The number of esters is 1. The molecule has 4 heterocycles. The summed E-state index contributed by atoms with van der Waals surface area (Å²) in [5.41, 5.74) is 1.07. The number of anilines is 2. The molecular formula is C29H37N7O6. The molecule has 0 aromatic carbocycles. The van der Waals surface area contributed by atoms with E-state index in [0.29, 0.717) is 47.3 Å². The Balaban J connectivity index is 1.23. The molecule has 0 radical (unpaired) electrons. The van der Waals surface area contributed by atoms with Crippen molar-refractivity contribution in [2.75, 3.05) is 63.8 Å². The summed E-state index contributed by atoms with van der Waals surface area (Å²) < 4.78 is 22.6. The maximum absolute atomic E-state index is 12.4. The lowest BCUT2D eigenvalue weighted by Gasteiger charge is -2.31. The highest BCUT2D eigenvalue weighted by Gasteiger charge is 2.25. The number of pyridine rings is 2. The molecule has 0 unspecified atom stereocenters. The number of nitrogens with zero attached hydrogens (tertiary/aromatic N) is 6. The molecular weight excluding hydrogens is 542 g/mol. The zero-order valence-electron chi connectivity index (χ0n) is 24.2. The molecule has 42 heavy (non-hydrogen) atoms. The summed E-state index contributed by atoms with van der Waals surface area (Å²) in [5.74, 6) is 1.63. The van der Waals surface area contributed by atoms with Gasteiger partial charge in [-0.25, -0.2) is 14.8 Å². The molecule has 0 atom stereocenters. The van der Waals surface area contributed by atoms with Gasteiger partial charge < -0.3 is 34.1 Å². The van der Waals surface area contributed by atoms with Gasteiger partial charge in [0, 0.05) is 45.5 Å². The van der Waals surface area contributed by atoms with Crippen LogP contribution in [0.1, 0.15) is 43.0 Å². The van der Waals surface area contributed by atoms with E-state index < -0.39 is 5.97 Å². The molecule has 2 fully saturated rings. The first-order valence-corrected chi connectivity index (χ1v) is 14.3. The Kier molecular flexibility index (Phi) is 9.47. The maximum atomic E-state index is 12.4. The fraction of sp³-hybridized carbons (Fsp3) is 0.517. The first-order chi connectivity index (χ1) is 20.4. The second kappa shape index (κ2) is 13.6. The van der Waals surface area contributed by atoms with Crippen LogP contribution in [-0.4, -0.2) is 102 Å². The van der Waals surface area contributed by atoms with Gasteiger partial charge in [-0.15, -0.1) is 0 Å². The zero-order valence-corrected chi connectivity index (χ0v) is 24.2. The number of likely N-dealkylation sites (N-methyl/N-ethyl adjacent to an activating group) is 1. The van der Waals surface area contributed by atoms with E-state index in [1.54, 1.807) is 39.5 Å². The van der Waals surface area contributed by atoms with Gasteiger partial charge in [-0.3, -0.25) is 9.78 Å². The quantitative estimate of drug-likeness (QED) is 0.353. The lowest BCUT2D eigenvalue weighted by Crippen LogP contribution is -2.37. The van der Waals surface area contributed by atoms with Crippen molar-refractivity contribution < 1.29 is 28.5 Å². The molecule has 3 aromatic rings. The van der Waals surface area contributed by atoms with Gasteiger partial charge in [0.2, 0.25) is 11.8 Å². The molecule has 1 aliphatic heterocycles. The van der Waals surface area contributed by atoms with Crippen LogP contribution in [0.2, 0.25) is 0 Å². The van der Waals surface area contributed by atoms with Crippen molar-refractivity contribution in [3.63, 3.8) is 0 Å². The van der Waals surface area contributed by atoms with E-state index in [1.807, 2.05) is 6.07 Å². The highest BCUT2D eigenvalue weighted by atomic mass is 16.5. The average Bonchev–Trinajstić information content (AvgIpc) is 3.01. The number of carbonyl (C=O) groups is 2. The summed E-state index contributed by atoms with van der Waals surface area (Å²) in [5, 5.41) is 4.07. The molecule has 2 aliphatic rings. The van der Waals surface area contributed by atoms with Crippen LogP contribution in [0.25, 0.3) is 10.9 Å². The lowest BCUT2D eigenvalue weighted by molar-refractivity contribution is -0.130. The zero-order chi connectivity index (χ0) is 29.5. The smallest absolute Gasteiger partial charge is 0.339 e. The summed E-state index contributed by atoms with van der Waals surface area (Å²) in [6.45, 7) is 4.74. The van der Waals surface area contributed by atoms with E-state index in [1.165, 1.54) is 11.1 Å². The van der Waals surface area contributed by atoms with Crippen LogP contribution >= 0.6 is 0 Å². The van der Waals surface area contributed by atoms with E-state index in [0.717, 1.165) is 44.6 Å². The topological polar surface area (TPSA) is 141 Å². The van der Waals surface area contributed by atoms with Gasteiger partial charge in [0.05, 0.1) is 48.7 Å². The Labute approximate surface area is 244 Å². The minimum absolute atomic E-state index is 0.0455. The molecule has 13 heteroatoms. The minimum Gasteiger partial charge on any atom is -0.481 e. The van der Waals surface area contributed by atoms with E-state index in [2.05, 4.69) is 25.2 Å². The SMILES string of the molecule is CCOC(=O)c1cnc2cc(N3CCOCC3)nc(OC3CCC(Nc4ncc(OCC(=O)N(C)C)cn4)CC3)c2c1. The fourth-order valence-corrected chi connectivity index (χ4v) is 4.86. The van der Waals surface area contributed by atoms with E-state index in [-0.39, 0.29) is 31.3 Å². The van der Waals surface area contributed by atoms with Gasteiger partial charge in [0.1, 0.15) is 11.9 Å². The van der Waals surface area contributed by atoms with Crippen molar-refractivity contribution >= 4 is 34.5 Å². The number of rotatable bonds is 10. The van der Waals surface area contributed by atoms with Gasteiger partial charge in [-0.05, 0) is 38.7 Å². The number of hydrogen-bond acceptors (Lipinski definition) is 12. The summed E-state index contributed by atoms with van der Waals surface area (Å²) in [7, 11) is 3.35. The lowest BCUT2D eigenvalue weighted by atomic mass is 9.93. The molecule has 224 valence electrons. The summed E-state index contributed by atoms with van der Waals surface area (Å²) >= 11 is 0. The molecule has 1 saturated heterocycles. The van der Waals surface area contributed by atoms with Gasteiger partial charge in [0.25, 0.3) is 5.91 Å². The van der Waals surface area contributed by atoms with Crippen molar-refractivity contribution in [2.24, 2.45) is 0 Å². The van der Waals surface area contributed by atoms with E-state index in [4.69, 9.17) is 23.9 Å². The van der Waals surface area contributed by atoms with Crippen molar-refractivity contribution in [3.8, 4) is 11.6 Å². The van der Waals surface area contributed by atoms with Crippen LogP contribution < -0.4 is 19.7 Å². The molecule has 1 saturated carbocycles. The van der Waals surface area contributed by atoms with Crippen molar-refractivity contribution in [2.45, 2.75) is 44.8 Å². The molecule has 1 aliphatic carbocycles. The van der Waals surface area contributed by atoms with E-state index >= 15 is 0 Å². The molecule has 0 bridgehead atoms. The van der Waals surface area contributed by atoms with Crippen LogP contribution in [-0.2, 0) is 14.3 Å². The normalized spacial score (nSPS) is 18.8. The number of amides is 1. The second-order valence-electron chi connectivity index (χ2n) is 10.5. The number of fused-ring (bicyclic) bond motifs is 1. The highest BCUT2D eigenvalue weighted by molar-refractivity contribution is 5.95. The van der Waals surface area contributed by atoms with Crippen molar-refractivity contribution in [1.29, 1.82) is 0 Å².